The fourth-order valence-electron chi connectivity index (χ4n) is 1.88. The molecule has 0 unspecified atom stereocenters. The van der Waals surface area contributed by atoms with E-state index in [1.54, 1.807) is 0 Å². The SMILES string of the molecule is CCCCNC(=O)c1ccc(N(CCCl)CCCl)cc1. The predicted molar refractivity (Wildman–Crippen MR) is 87.3 cm³/mol. The van der Waals surface area contributed by atoms with Crippen molar-refractivity contribution in [3.63, 3.8) is 0 Å². The number of halogens is 2. The highest BCUT2D eigenvalue weighted by molar-refractivity contribution is 6.18. The molecule has 0 saturated heterocycles. The number of carbonyl (C=O) groups excluding carboxylic acids is 1. The second-order valence-electron chi connectivity index (χ2n) is 4.52. The van der Waals surface area contributed by atoms with Crippen LogP contribution in [0.1, 0.15) is 30.1 Å². The highest BCUT2D eigenvalue weighted by Crippen LogP contribution is 2.15. The lowest BCUT2D eigenvalue weighted by molar-refractivity contribution is 0.0953. The molecular weight excluding hydrogens is 295 g/mol. The number of nitrogens with one attached hydrogen (secondary N) is 1. The third-order valence-corrected chi connectivity index (χ3v) is 3.36. The molecule has 0 saturated carbocycles. The molecule has 1 N–H and O–H groups in total. The first-order valence-electron chi connectivity index (χ1n) is 6.98. The Labute approximate surface area is 131 Å². The van der Waals surface area contributed by atoms with Gasteiger partial charge in [-0.15, -0.1) is 23.2 Å². The van der Waals surface area contributed by atoms with Gasteiger partial charge in [0.1, 0.15) is 0 Å². The van der Waals surface area contributed by atoms with Gasteiger partial charge in [0.25, 0.3) is 5.91 Å². The van der Waals surface area contributed by atoms with Crippen LogP contribution in [0.2, 0.25) is 0 Å². The van der Waals surface area contributed by atoms with Crippen LogP contribution in [0.15, 0.2) is 24.3 Å². The Bertz CT molecular complexity index is 389. The molecule has 0 spiro atoms. The Morgan fingerprint density at radius 3 is 2.25 bits per heavy atom. The van der Waals surface area contributed by atoms with Gasteiger partial charge in [-0.25, -0.2) is 0 Å². The summed E-state index contributed by atoms with van der Waals surface area (Å²) in [6, 6.07) is 7.56. The first-order chi connectivity index (χ1) is 9.72. The van der Waals surface area contributed by atoms with Gasteiger partial charge in [-0.05, 0) is 30.7 Å². The van der Waals surface area contributed by atoms with E-state index in [1.165, 1.54) is 0 Å². The number of alkyl halides is 2. The maximum atomic E-state index is 11.9. The largest absolute Gasteiger partial charge is 0.369 e. The average Bonchev–Trinajstić information content (AvgIpc) is 2.47. The zero-order chi connectivity index (χ0) is 14.8. The number of benzene rings is 1. The minimum Gasteiger partial charge on any atom is -0.369 e. The first-order valence-corrected chi connectivity index (χ1v) is 8.05. The summed E-state index contributed by atoms with van der Waals surface area (Å²) in [6.07, 6.45) is 2.08. The zero-order valence-electron chi connectivity index (χ0n) is 11.9. The smallest absolute Gasteiger partial charge is 0.251 e. The van der Waals surface area contributed by atoms with Crippen molar-refractivity contribution in [2.75, 3.05) is 36.3 Å². The molecule has 0 radical (unpaired) electrons. The number of unbranched alkanes of at least 4 members (excludes halogenated alkanes) is 1. The fourth-order valence-corrected chi connectivity index (χ4v) is 2.29. The summed E-state index contributed by atoms with van der Waals surface area (Å²) in [5, 5.41) is 2.90. The van der Waals surface area contributed by atoms with Crippen molar-refractivity contribution < 1.29 is 4.79 Å². The van der Waals surface area contributed by atoms with Gasteiger partial charge in [0, 0.05) is 42.6 Å². The molecule has 1 aromatic rings. The molecule has 0 aliphatic heterocycles. The van der Waals surface area contributed by atoms with E-state index < -0.39 is 0 Å². The van der Waals surface area contributed by atoms with E-state index in [0.29, 0.717) is 17.3 Å². The number of rotatable bonds is 9. The second kappa shape index (κ2) is 9.89. The van der Waals surface area contributed by atoms with E-state index in [-0.39, 0.29) is 5.91 Å². The zero-order valence-corrected chi connectivity index (χ0v) is 13.4. The minimum atomic E-state index is -0.0220. The molecule has 0 heterocycles. The first kappa shape index (κ1) is 17.1. The standard InChI is InChI=1S/C15H22Cl2N2O/c1-2-3-10-18-15(20)13-4-6-14(7-5-13)19(11-8-16)12-9-17/h4-7H,2-3,8-12H2,1H3,(H,18,20). The molecule has 0 aromatic heterocycles. The Morgan fingerprint density at radius 2 is 1.75 bits per heavy atom. The van der Waals surface area contributed by atoms with Crippen LogP contribution in [0.4, 0.5) is 5.69 Å². The van der Waals surface area contributed by atoms with Crippen molar-refractivity contribution >= 4 is 34.8 Å². The van der Waals surface area contributed by atoms with Crippen molar-refractivity contribution in [2.45, 2.75) is 19.8 Å². The topological polar surface area (TPSA) is 32.3 Å². The molecule has 0 bridgehead atoms. The predicted octanol–water partition coefficient (Wildman–Crippen LogP) is 3.50. The molecule has 0 atom stereocenters. The maximum Gasteiger partial charge on any atom is 0.251 e. The Morgan fingerprint density at radius 1 is 1.15 bits per heavy atom. The van der Waals surface area contributed by atoms with E-state index in [0.717, 1.165) is 38.2 Å². The fraction of sp³-hybridized carbons (Fsp3) is 0.533. The molecule has 0 fully saturated rings. The van der Waals surface area contributed by atoms with Gasteiger partial charge >= 0.3 is 0 Å². The van der Waals surface area contributed by atoms with Crippen molar-refractivity contribution in [3.05, 3.63) is 29.8 Å². The van der Waals surface area contributed by atoms with Gasteiger partial charge in [0.15, 0.2) is 0 Å². The third-order valence-electron chi connectivity index (χ3n) is 3.02. The molecule has 5 heteroatoms. The number of anilines is 1. The van der Waals surface area contributed by atoms with Crippen LogP contribution < -0.4 is 10.2 Å². The van der Waals surface area contributed by atoms with Crippen molar-refractivity contribution in [1.29, 1.82) is 0 Å². The lowest BCUT2D eigenvalue weighted by Crippen LogP contribution is -2.28. The van der Waals surface area contributed by atoms with E-state index in [9.17, 15) is 4.79 Å². The van der Waals surface area contributed by atoms with Gasteiger partial charge in [-0.2, -0.15) is 0 Å². The molecule has 3 nitrogen and oxygen atoms in total. The van der Waals surface area contributed by atoms with Crippen molar-refractivity contribution in [3.8, 4) is 0 Å². The van der Waals surface area contributed by atoms with Gasteiger partial charge in [-0.1, -0.05) is 13.3 Å². The highest BCUT2D eigenvalue weighted by Gasteiger charge is 2.08. The average molecular weight is 317 g/mol. The van der Waals surface area contributed by atoms with E-state index in [4.69, 9.17) is 23.2 Å². The maximum absolute atomic E-state index is 11.9. The minimum absolute atomic E-state index is 0.0220. The number of hydrogen-bond acceptors (Lipinski definition) is 2. The summed E-state index contributed by atoms with van der Waals surface area (Å²) in [6.45, 7) is 4.32. The van der Waals surface area contributed by atoms with Gasteiger partial charge < -0.3 is 10.2 Å². The summed E-state index contributed by atoms with van der Waals surface area (Å²) in [5.41, 5.74) is 1.72. The van der Waals surface area contributed by atoms with E-state index >= 15 is 0 Å². The summed E-state index contributed by atoms with van der Waals surface area (Å²) in [4.78, 5) is 14.0. The quantitative estimate of drug-likeness (QED) is 0.558. The molecular formula is C15H22Cl2N2O. The van der Waals surface area contributed by atoms with E-state index in [2.05, 4.69) is 17.1 Å². The molecule has 1 amide bonds. The highest BCUT2D eigenvalue weighted by atomic mass is 35.5. The summed E-state index contributed by atoms with van der Waals surface area (Å²) < 4.78 is 0. The summed E-state index contributed by atoms with van der Waals surface area (Å²) in [5.74, 6) is 1.08. The van der Waals surface area contributed by atoms with Gasteiger partial charge in [-0.3, -0.25) is 4.79 Å². The number of carbonyl (C=O) groups is 1. The molecule has 0 aliphatic carbocycles. The van der Waals surface area contributed by atoms with E-state index in [1.807, 2.05) is 24.3 Å². The monoisotopic (exact) mass is 316 g/mol. The normalized spacial score (nSPS) is 10.3. The molecule has 112 valence electrons. The number of hydrogen-bond donors (Lipinski definition) is 1. The molecule has 1 aromatic carbocycles. The Balaban J connectivity index is 2.64. The van der Waals surface area contributed by atoms with Crippen molar-refractivity contribution in [1.82, 2.24) is 5.32 Å². The lowest BCUT2D eigenvalue weighted by Gasteiger charge is -2.22. The third kappa shape index (κ3) is 5.59. The van der Waals surface area contributed by atoms with Crippen LogP contribution in [0.3, 0.4) is 0 Å². The van der Waals surface area contributed by atoms with Crippen LogP contribution in [0, 0.1) is 0 Å². The molecule has 0 aliphatic rings. The van der Waals surface area contributed by atoms with Gasteiger partial charge in [0.05, 0.1) is 0 Å². The van der Waals surface area contributed by atoms with Crippen LogP contribution >= 0.6 is 23.2 Å². The van der Waals surface area contributed by atoms with Gasteiger partial charge in [0.2, 0.25) is 0 Å². The van der Waals surface area contributed by atoms with Crippen LogP contribution in [0.5, 0.6) is 0 Å². The Kier molecular flexibility index (Phi) is 8.47. The second-order valence-corrected chi connectivity index (χ2v) is 5.28. The number of nitrogens with zero attached hydrogens (tertiary/aromatic N) is 1. The van der Waals surface area contributed by atoms with Crippen LogP contribution in [-0.2, 0) is 0 Å². The number of amides is 1. The summed E-state index contributed by atoms with van der Waals surface area (Å²) >= 11 is 11.6. The van der Waals surface area contributed by atoms with Crippen LogP contribution in [-0.4, -0.2) is 37.3 Å². The van der Waals surface area contributed by atoms with Crippen molar-refractivity contribution in [2.24, 2.45) is 0 Å². The Hall–Kier alpha value is -0.930. The molecule has 20 heavy (non-hydrogen) atoms. The summed E-state index contributed by atoms with van der Waals surface area (Å²) in [7, 11) is 0. The lowest BCUT2D eigenvalue weighted by atomic mass is 10.1. The van der Waals surface area contributed by atoms with Crippen LogP contribution in [0.25, 0.3) is 0 Å². The molecule has 1 rings (SSSR count).